The van der Waals surface area contributed by atoms with E-state index < -0.39 is 0 Å². The molecule has 0 spiro atoms. The molecule has 0 unspecified atom stereocenters. The van der Waals surface area contributed by atoms with Gasteiger partial charge in [0.05, 0.1) is 11.4 Å². The van der Waals surface area contributed by atoms with E-state index in [4.69, 9.17) is 19.4 Å². The van der Waals surface area contributed by atoms with Crippen molar-refractivity contribution in [3.8, 4) is 43.4 Å². The molecule has 0 amide bonds. The second-order valence-electron chi connectivity index (χ2n) is 13.5. The second-order valence-corrected chi connectivity index (χ2v) is 17.2. The second kappa shape index (κ2) is 20.4. The molecule has 1 aliphatic rings. The van der Waals surface area contributed by atoms with Gasteiger partial charge < -0.3 is 7.43 Å². The molecule has 0 radical (unpaired) electrons. The maximum atomic E-state index is 4.85. The molecular weight excluding hydrogens is 785 g/mol. The Morgan fingerprint density at radius 3 is 1.87 bits per heavy atom. The van der Waals surface area contributed by atoms with Crippen LogP contribution in [0.15, 0.2) is 122 Å². The molecule has 6 aromatic rings. The van der Waals surface area contributed by atoms with Gasteiger partial charge in [0.2, 0.25) is 0 Å². The Morgan fingerprint density at radius 2 is 1.25 bits per heavy atom. The summed E-state index contributed by atoms with van der Waals surface area (Å²) in [5.41, 5.74) is 13.1. The van der Waals surface area contributed by atoms with Crippen molar-refractivity contribution in [2.45, 2.75) is 84.5 Å². The quantitative estimate of drug-likeness (QED) is 0.101. The Bertz CT molecular complexity index is 1960. The van der Waals surface area contributed by atoms with E-state index in [-0.39, 0.29) is 28.0 Å². The minimum atomic E-state index is -0.346. The minimum absolute atomic E-state index is 0. The molecule has 2 nitrogen and oxygen atoms in total. The molecule has 0 aliphatic heterocycles. The van der Waals surface area contributed by atoms with Crippen molar-refractivity contribution in [1.82, 2.24) is 9.97 Å². The van der Waals surface area contributed by atoms with Crippen LogP contribution in [0.1, 0.15) is 94.4 Å². The third kappa shape index (κ3) is 9.88. The van der Waals surface area contributed by atoms with E-state index in [9.17, 15) is 0 Å². The number of rotatable bonds is 10. The molecule has 0 fully saturated rings. The Hall–Kier alpha value is -3.14. The summed E-state index contributed by atoms with van der Waals surface area (Å²) in [6, 6.07) is 39.8. The normalized spacial score (nSPS) is 12.2. The zero-order valence-corrected chi connectivity index (χ0v) is 35.3. The van der Waals surface area contributed by atoms with E-state index in [1.807, 2.05) is 41.9 Å². The fourth-order valence-corrected chi connectivity index (χ4v) is 8.07. The molecule has 6 heteroatoms. The number of benzene rings is 3. The summed E-state index contributed by atoms with van der Waals surface area (Å²) in [5.74, 6) is 0.653. The number of aryl methyl sites for hydroxylation is 1. The average molecular weight is 836 g/mol. The number of thiophene rings is 1. The number of hydrogen-bond donors (Lipinski definition) is 0. The third-order valence-electron chi connectivity index (χ3n) is 9.79. The van der Waals surface area contributed by atoms with Crippen molar-refractivity contribution in [2.24, 2.45) is 0 Å². The third-order valence-corrected chi connectivity index (χ3v) is 11.0. The van der Waals surface area contributed by atoms with Crippen LogP contribution in [-0.4, -0.2) is 9.97 Å². The van der Waals surface area contributed by atoms with E-state index >= 15 is 0 Å². The molecule has 3 heterocycles. The summed E-state index contributed by atoms with van der Waals surface area (Å²) < 4.78 is 0. The van der Waals surface area contributed by atoms with Gasteiger partial charge in [-0.3, -0.25) is 9.97 Å². The molecule has 0 N–H and O–H groups in total. The van der Waals surface area contributed by atoms with Crippen molar-refractivity contribution in [2.75, 3.05) is 0 Å². The summed E-state index contributed by atoms with van der Waals surface area (Å²) in [6.07, 6.45) is 11.1. The molecule has 0 bridgehead atoms. The Labute approximate surface area is 332 Å². The van der Waals surface area contributed by atoms with Crippen LogP contribution in [0.4, 0.5) is 0 Å². The first-order chi connectivity index (χ1) is 24.8. The van der Waals surface area contributed by atoms with Gasteiger partial charge in [0.1, 0.15) is 0 Å². The van der Waals surface area contributed by atoms with Crippen LogP contribution in [0, 0.1) is 14.4 Å². The van der Waals surface area contributed by atoms with Gasteiger partial charge in [0, 0.05) is 27.6 Å². The van der Waals surface area contributed by atoms with Crippen LogP contribution < -0.4 is 0 Å². The molecule has 0 saturated heterocycles. The van der Waals surface area contributed by atoms with Crippen molar-refractivity contribution in [3.05, 3.63) is 151 Å². The molecule has 0 atom stereocenters. The van der Waals surface area contributed by atoms with Crippen molar-refractivity contribution in [1.29, 1.82) is 0 Å². The van der Waals surface area contributed by atoms with Gasteiger partial charge in [0.25, 0.3) is 0 Å². The van der Waals surface area contributed by atoms with E-state index in [0.717, 1.165) is 11.4 Å². The zero-order chi connectivity index (χ0) is 36.2. The fourth-order valence-electron chi connectivity index (χ4n) is 7.07. The van der Waals surface area contributed by atoms with E-state index in [0.29, 0.717) is 5.92 Å². The summed E-state index contributed by atoms with van der Waals surface area (Å²) in [4.78, 5) is 11.6. The van der Waals surface area contributed by atoms with Crippen LogP contribution >= 0.6 is 30.7 Å². The van der Waals surface area contributed by atoms with Crippen molar-refractivity contribution < 1.29 is 15.1 Å². The number of halogens is 2. The van der Waals surface area contributed by atoms with Gasteiger partial charge in [0.15, 0.2) is 0 Å². The number of hydrogen-bond acceptors (Lipinski definition) is 3. The van der Waals surface area contributed by atoms with Crippen molar-refractivity contribution in [3.63, 3.8) is 0 Å². The first-order valence-corrected chi connectivity index (χ1v) is 23.3. The molecule has 52 heavy (non-hydrogen) atoms. The summed E-state index contributed by atoms with van der Waals surface area (Å²) >= 11 is 1.51. The average Bonchev–Trinajstić information content (AvgIpc) is 3.76. The number of unbranched alkanes of at least 4 members (excludes halogenated alkanes) is 2. The van der Waals surface area contributed by atoms with Crippen LogP contribution in [0.25, 0.3) is 43.4 Å². The van der Waals surface area contributed by atoms with Gasteiger partial charge in [-0.1, -0.05) is 126 Å². The van der Waals surface area contributed by atoms with Gasteiger partial charge in [-0.05, 0) is 107 Å². The predicted octanol–water partition coefficient (Wildman–Crippen LogP) is 15.1. The molecule has 3 aromatic carbocycles. The standard InChI is InChI=1S/C35H34N2S.C10H14.CH3.2ClH.Ru/c1-3-5-19-35(20-6-4-2)29-12-8-7-11-27(29)28-15-14-25(23-30(28)35)33-16-17-34(38-33)26-18-22-37-32(24-26)31-13-9-10-21-36-31;1-8(2)10-6-4-9(3)5-7-10;;;;/h7-18,21-24H,3-6,19-20H2,1-2H3;4-8H,1-3H3;1H3;2*1H;/q;;-1;;;+2/p-2. The maximum absolute atomic E-state index is 4.85. The van der Waals surface area contributed by atoms with Crippen LogP contribution in [0.5, 0.6) is 0 Å². The zero-order valence-electron chi connectivity index (χ0n) is 31.3. The first-order valence-electron chi connectivity index (χ1n) is 18.0. The molecule has 0 saturated carbocycles. The van der Waals surface area contributed by atoms with E-state index in [1.54, 1.807) is 5.56 Å². The van der Waals surface area contributed by atoms with Crippen LogP contribution in [0.3, 0.4) is 0 Å². The number of nitrogens with zero attached hydrogens (tertiary/aromatic N) is 2. The van der Waals surface area contributed by atoms with Gasteiger partial charge in [-0.15, -0.1) is 11.3 Å². The Kier molecular flexibility index (Phi) is 16.3. The number of fused-ring (bicyclic) bond motifs is 3. The van der Waals surface area contributed by atoms with Gasteiger partial charge in [-0.25, -0.2) is 0 Å². The first kappa shape index (κ1) is 41.6. The number of pyridine rings is 2. The Balaban J connectivity index is 0.000000369. The summed E-state index contributed by atoms with van der Waals surface area (Å²) in [7, 11) is 9.71. The topological polar surface area (TPSA) is 25.8 Å². The van der Waals surface area contributed by atoms with E-state index in [2.05, 4.69) is 136 Å². The summed E-state index contributed by atoms with van der Waals surface area (Å²) in [6.45, 7) is 11.2. The molecule has 7 rings (SSSR count). The van der Waals surface area contributed by atoms with Crippen LogP contribution in [0.2, 0.25) is 0 Å². The van der Waals surface area contributed by atoms with Gasteiger partial charge in [-0.2, -0.15) is 0 Å². The van der Waals surface area contributed by atoms with Crippen molar-refractivity contribution >= 4 is 30.7 Å². The van der Waals surface area contributed by atoms with Crippen LogP contribution in [-0.2, 0) is 20.6 Å². The van der Waals surface area contributed by atoms with Gasteiger partial charge >= 0.3 is 34.5 Å². The molecular formula is C46H51Cl2N2RuS-. The summed E-state index contributed by atoms with van der Waals surface area (Å²) in [5, 5.41) is 0. The molecule has 3 aromatic heterocycles. The fraction of sp³-hybridized carbons (Fsp3) is 0.283. The van der Waals surface area contributed by atoms with E-state index in [1.165, 1.54) is 87.2 Å². The SMILES string of the molecule is CCCCC1(CCCC)c2ccccc2-c2ccc(-c3ccc(-c4ccnc(-c5ccccn5)c4)s3)cc21.Cc1ccc(C(C)C)cc1.[CH3-].[Cl][Ru][Cl]. The predicted molar refractivity (Wildman–Crippen MR) is 225 cm³/mol. The monoisotopic (exact) mass is 835 g/mol. The Morgan fingerprint density at radius 1 is 0.654 bits per heavy atom. The molecule has 274 valence electrons. The molecule has 1 aliphatic carbocycles. The number of aromatic nitrogens is 2.